The zero-order valence-corrected chi connectivity index (χ0v) is 17.4. The van der Waals surface area contributed by atoms with Crippen molar-refractivity contribution in [2.75, 3.05) is 0 Å². The van der Waals surface area contributed by atoms with Crippen molar-refractivity contribution in [2.24, 2.45) is 0 Å². The molecule has 0 nitrogen and oxygen atoms in total. The van der Waals surface area contributed by atoms with E-state index >= 15 is 0 Å². The molecule has 0 amide bonds. The van der Waals surface area contributed by atoms with E-state index in [1.807, 2.05) is 0 Å². The standard InChI is InChI=1S/C29H18S/c1-19-6-8-20(9-7-19)10-13-25-17-24-12-14-26-27(29(24)30-25)15-11-23-16-21-4-2-3-5-22(21)18-28(23)26/h2-9,11-12,14-18H,1H3. The molecule has 1 aromatic heterocycles. The molecule has 0 aliphatic carbocycles. The highest BCUT2D eigenvalue weighted by molar-refractivity contribution is 7.20. The molecule has 0 aliphatic rings. The van der Waals surface area contributed by atoms with Crippen LogP contribution in [0.5, 0.6) is 0 Å². The van der Waals surface area contributed by atoms with Crippen LogP contribution in [0.25, 0.3) is 42.4 Å². The quantitative estimate of drug-likeness (QED) is 0.138. The maximum absolute atomic E-state index is 3.36. The van der Waals surface area contributed by atoms with Gasteiger partial charge in [-0.1, -0.05) is 78.1 Å². The molecule has 0 bridgehead atoms. The lowest BCUT2D eigenvalue weighted by atomic mass is 9.98. The van der Waals surface area contributed by atoms with Crippen LogP contribution in [0, 0.1) is 18.8 Å². The van der Waals surface area contributed by atoms with Crippen LogP contribution in [0.15, 0.2) is 91.0 Å². The summed E-state index contributed by atoms with van der Waals surface area (Å²) in [6.45, 7) is 2.10. The van der Waals surface area contributed by atoms with E-state index in [0.29, 0.717) is 0 Å². The smallest absolute Gasteiger partial charge is 0.0785 e. The second kappa shape index (κ2) is 6.73. The van der Waals surface area contributed by atoms with Crippen LogP contribution >= 0.6 is 11.3 Å². The number of hydrogen-bond acceptors (Lipinski definition) is 1. The van der Waals surface area contributed by atoms with Crippen molar-refractivity contribution >= 4 is 53.7 Å². The molecule has 0 aliphatic heterocycles. The predicted molar refractivity (Wildman–Crippen MR) is 132 cm³/mol. The van der Waals surface area contributed by atoms with Crippen molar-refractivity contribution in [3.05, 3.63) is 107 Å². The van der Waals surface area contributed by atoms with Crippen LogP contribution in [-0.2, 0) is 0 Å². The van der Waals surface area contributed by atoms with Gasteiger partial charge in [0.1, 0.15) is 0 Å². The number of benzene rings is 5. The monoisotopic (exact) mass is 398 g/mol. The van der Waals surface area contributed by atoms with Gasteiger partial charge in [-0.15, -0.1) is 11.3 Å². The molecule has 1 heterocycles. The van der Waals surface area contributed by atoms with Crippen molar-refractivity contribution in [1.29, 1.82) is 0 Å². The van der Waals surface area contributed by atoms with Gasteiger partial charge in [0, 0.05) is 15.6 Å². The number of aryl methyl sites for hydroxylation is 1. The number of hydrogen-bond donors (Lipinski definition) is 0. The Morgan fingerprint density at radius 1 is 0.567 bits per heavy atom. The summed E-state index contributed by atoms with van der Waals surface area (Å²) in [6.07, 6.45) is 0. The molecule has 5 aromatic carbocycles. The molecule has 0 saturated carbocycles. The minimum Gasteiger partial charge on any atom is -0.126 e. The summed E-state index contributed by atoms with van der Waals surface area (Å²) >= 11 is 1.79. The Bertz CT molecular complexity index is 1640. The number of rotatable bonds is 0. The van der Waals surface area contributed by atoms with Crippen LogP contribution in [0.4, 0.5) is 0 Å². The molecule has 140 valence electrons. The maximum atomic E-state index is 3.36. The SMILES string of the molecule is Cc1ccc(C#Cc2cc3ccc4c5cc6ccccc6cc5ccc4c3s2)cc1. The van der Waals surface area contributed by atoms with E-state index in [2.05, 4.69) is 110 Å². The average Bonchev–Trinajstić information content (AvgIpc) is 3.20. The van der Waals surface area contributed by atoms with E-state index < -0.39 is 0 Å². The average molecular weight is 399 g/mol. The highest BCUT2D eigenvalue weighted by atomic mass is 32.1. The maximum Gasteiger partial charge on any atom is 0.0785 e. The number of fused-ring (bicyclic) bond motifs is 6. The Labute approximate surface area is 179 Å². The van der Waals surface area contributed by atoms with Gasteiger partial charge in [-0.3, -0.25) is 0 Å². The molecular weight excluding hydrogens is 380 g/mol. The molecule has 30 heavy (non-hydrogen) atoms. The second-order valence-corrected chi connectivity index (χ2v) is 8.84. The van der Waals surface area contributed by atoms with Gasteiger partial charge in [-0.2, -0.15) is 0 Å². The summed E-state index contributed by atoms with van der Waals surface area (Å²) < 4.78 is 1.32. The molecule has 0 radical (unpaired) electrons. The van der Waals surface area contributed by atoms with Gasteiger partial charge in [-0.05, 0) is 69.6 Å². The lowest BCUT2D eigenvalue weighted by Crippen LogP contribution is -1.80. The first kappa shape index (κ1) is 17.3. The van der Waals surface area contributed by atoms with Crippen LogP contribution in [0.1, 0.15) is 16.0 Å². The van der Waals surface area contributed by atoms with Gasteiger partial charge >= 0.3 is 0 Å². The number of thiophene rings is 1. The minimum atomic E-state index is 1.06. The third-order valence-electron chi connectivity index (χ3n) is 5.74. The van der Waals surface area contributed by atoms with E-state index in [9.17, 15) is 0 Å². The van der Waals surface area contributed by atoms with Gasteiger partial charge in [0.2, 0.25) is 0 Å². The fourth-order valence-corrected chi connectivity index (χ4v) is 5.20. The molecule has 0 saturated heterocycles. The Morgan fingerprint density at radius 3 is 2.13 bits per heavy atom. The predicted octanol–water partition coefficient (Wildman–Crippen LogP) is 8.07. The first-order valence-corrected chi connectivity index (χ1v) is 10.9. The van der Waals surface area contributed by atoms with Gasteiger partial charge in [0.25, 0.3) is 0 Å². The third-order valence-corrected chi connectivity index (χ3v) is 6.84. The highest BCUT2D eigenvalue weighted by Gasteiger charge is 2.08. The summed E-state index contributed by atoms with van der Waals surface area (Å²) in [5.41, 5.74) is 2.31. The van der Waals surface area contributed by atoms with Gasteiger partial charge in [0.15, 0.2) is 0 Å². The van der Waals surface area contributed by atoms with E-state index in [-0.39, 0.29) is 0 Å². The minimum absolute atomic E-state index is 1.06. The van der Waals surface area contributed by atoms with E-state index in [1.54, 1.807) is 11.3 Å². The molecule has 6 rings (SSSR count). The summed E-state index contributed by atoms with van der Waals surface area (Å²) in [6, 6.07) is 32.8. The fourth-order valence-electron chi connectivity index (χ4n) is 4.16. The lowest BCUT2D eigenvalue weighted by molar-refractivity contribution is 1.46. The fraction of sp³-hybridized carbons (Fsp3) is 0.0345. The van der Waals surface area contributed by atoms with Crippen molar-refractivity contribution in [3.63, 3.8) is 0 Å². The molecule has 0 N–H and O–H groups in total. The van der Waals surface area contributed by atoms with Crippen molar-refractivity contribution in [1.82, 2.24) is 0 Å². The van der Waals surface area contributed by atoms with E-state index in [4.69, 9.17) is 0 Å². The van der Waals surface area contributed by atoms with Crippen molar-refractivity contribution < 1.29 is 0 Å². The molecular formula is C29H18S. The van der Waals surface area contributed by atoms with Crippen molar-refractivity contribution in [2.45, 2.75) is 6.92 Å². The molecule has 0 unspecified atom stereocenters. The zero-order chi connectivity index (χ0) is 20.1. The summed E-state index contributed by atoms with van der Waals surface area (Å²) in [4.78, 5) is 1.11. The van der Waals surface area contributed by atoms with Crippen LogP contribution in [0.3, 0.4) is 0 Å². The Kier molecular flexibility index (Phi) is 3.88. The highest BCUT2D eigenvalue weighted by Crippen LogP contribution is 2.37. The lowest BCUT2D eigenvalue weighted by Gasteiger charge is -2.07. The Hall–Kier alpha value is -3.60. The topological polar surface area (TPSA) is 0 Å². The molecule has 0 atom stereocenters. The van der Waals surface area contributed by atoms with Gasteiger partial charge in [-0.25, -0.2) is 0 Å². The normalized spacial score (nSPS) is 11.2. The van der Waals surface area contributed by atoms with Crippen molar-refractivity contribution in [3.8, 4) is 11.8 Å². The first-order valence-electron chi connectivity index (χ1n) is 10.1. The molecule has 0 spiro atoms. The molecule has 0 fully saturated rings. The van der Waals surface area contributed by atoms with E-state index in [0.717, 1.165) is 10.4 Å². The van der Waals surface area contributed by atoms with Gasteiger partial charge in [0.05, 0.1) is 4.88 Å². The second-order valence-electron chi connectivity index (χ2n) is 7.79. The Balaban J connectivity index is 1.53. The summed E-state index contributed by atoms with van der Waals surface area (Å²) in [5, 5.41) is 9.06. The Morgan fingerprint density at radius 2 is 1.30 bits per heavy atom. The first-order chi connectivity index (χ1) is 14.7. The van der Waals surface area contributed by atoms with Crippen LogP contribution in [-0.4, -0.2) is 0 Å². The van der Waals surface area contributed by atoms with Crippen LogP contribution in [0.2, 0.25) is 0 Å². The van der Waals surface area contributed by atoms with E-state index in [1.165, 1.54) is 48.0 Å². The molecule has 6 aromatic rings. The third kappa shape index (κ3) is 2.86. The largest absolute Gasteiger partial charge is 0.126 e. The van der Waals surface area contributed by atoms with Gasteiger partial charge < -0.3 is 0 Å². The zero-order valence-electron chi connectivity index (χ0n) is 16.6. The summed E-state index contributed by atoms with van der Waals surface area (Å²) in [5.74, 6) is 6.67. The summed E-state index contributed by atoms with van der Waals surface area (Å²) in [7, 11) is 0. The van der Waals surface area contributed by atoms with Crippen LogP contribution < -0.4 is 0 Å². The molecule has 1 heteroatoms.